The predicted octanol–water partition coefficient (Wildman–Crippen LogP) is 5.16. The highest BCUT2D eigenvalue weighted by atomic mass is 16.5. The van der Waals surface area contributed by atoms with E-state index in [0.29, 0.717) is 29.0 Å². The third-order valence-electron chi connectivity index (χ3n) is 6.89. The first-order chi connectivity index (χ1) is 17.9. The van der Waals surface area contributed by atoms with E-state index in [-0.39, 0.29) is 17.9 Å². The number of ether oxygens (including phenoxy) is 2. The molecule has 1 atom stereocenters. The number of rotatable bonds is 7. The smallest absolute Gasteiger partial charge is 0.295 e. The Morgan fingerprint density at radius 2 is 1.76 bits per heavy atom. The Hall–Kier alpha value is -4.52. The number of aliphatic hydroxyl groups is 1. The SMILES string of the molecule is COc1ccc(OC)c(C2/C(=C(/O)c3ccc(C)cc3)C(=O)C(=O)N2CCc2c[nH]c3ccccc23)c1. The van der Waals surface area contributed by atoms with Crippen molar-refractivity contribution in [1.82, 2.24) is 9.88 Å². The average Bonchev–Trinajstić information content (AvgIpc) is 3.45. The molecule has 2 N–H and O–H groups in total. The van der Waals surface area contributed by atoms with Gasteiger partial charge >= 0.3 is 0 Å². The minimum absolute atomic E-state index is 0.0272. The number of para-hydroxylation sites is 1. The summed E-state index contributed by atoms with van der Waals surface area (Å²) in [6.07, 6.45) is 2.44. The van der Waals surface area contributed by atoms with Crippen molar-refractivity contribution in [3.63, 3.8) is 0 Å². The Labute approximate surface area is 214 Å². The van der Waals surface area contributed by atoms with Crippen molar-refractivity contribution in [2.45, 2.75) is 19.4 Å². The number of aryl methyl sites for hydroxylation is 1. The Morgan fingerprint density at radius 3 is 2.49 bits per heavy atom. The van der Waals surface area contributed by atoms with E-state index in [1.165, 1.54) is 12.0 Å². The first-order valence-corrected chi connectivity index (χ1v) is 12.0. The quantitative estimate of drug-likeness (QED) is 0.210. The lowest BCUT2D eigenvalue weighted by atomic mass is 9.94. The number of benzene rings is 3. The molecular formula is C30H28N2O5. The molecule has 37 heavy (non-hydrogen) atoms. The van der Waals surface area contributed by atoms with E-state index in [1.54, 1.807) is 37.4 Å². The molecule has 0 saturated carbocycles. The van der Waals surface area contributed by atoms with E-state index in [4.69, 9.17) is 9.47 Å². The maximum atomic E-state index is 13.4. The van der Waals surface area contributed by atoms with Crippen molar-refractivity contribution in [3.8, 4) is 11.5 Å². The first-order valence-electron chi connectivity index (χ1n) is 12.0. The molecular weight excluding hydrogens is 468 g/mol. The number of aliphatic hydroxyl groups excluding tert-OH is 1. The Kier molecular flexibility index (Phi) is 6.44. The molecule has 1 aliphatic rings. The topological polar surface area (TPSA) is 91.9 Å². The normalized spacial score (nSPS) is 16.9. The van der Waals surface area contributed by atoms with Gasteiger partial charge in [-0.25, -0.2) is 0 Å². The zero-order valence-corrected chi connectivity index (χ0v) is 20.9. The zero-order chi connectivity index (χ0) is 26.1. The van der Waals surface area contributed by atoms with Gasteiger partial charge in [0.15, 0.2) is 0 Å². The Bertz CT molecular complexity index is 1520. The summed E-state index contributed by atoms with van der Waals surface area (Å²) in [5.74, 6) is -0.578. The molecule has 2 heterocycles. The van der Waals surface area contributed by atoms with Gasteiger partial charge in [0, 0.05) is 34.8 Å². The van der Waals surface area contributed by atoms with Gasteiger partial charge in [-0.15, -0.1) is 0 Å². The number of aromatic amines is 1. The van der Waals surface area contributed by atoms with Crippen molar-refractivity contribution in [1.29, 1.82) is 0 Å². The van der Waals surface area contributed by atoms with Crippen molar-refractivity contribution in [2.24, 2.45) is 0 Å². The molecule has 0 spiro atoms. The van der Waals surface area contributed by atoms with E-state index in [0.717, 1.165) is 22.0 Å². The number of Topliss-reactive ketones (excluding diaryl/α,β-unsaturated/α-hetero) is 1. The molecule has 1 unspecified atom stereocenters. The molecule has 1 saturated heterocycles. The second-order valence-corrected chi connectivity index (χ2v) is 9.08. The lowest BCUT2D eigenvalue weighted by Crippen LogP contribution is -2.31. The molecule has 7 heteroatoms. The highest BCUT2D eigenvalue weighted by molar-refractivity contribution is 6.46. The lowest BCUT2D eigenvalue weighted by molar-refractivity contribution is -0.139. The predicted molar refractivity (Wildman–Crippen MR) is 142 cm³/mol. The number of nitrogens with zero attached hydrogens (tertiary/aromatic N) is 1. The third kappa shape index (κ3) is 4.33. The summed E-state index contributed by atoms with van der Waals surface area (Å²) < 4.78 is 11.1. The maximum absolute atomic E-state index is 13.4. The van der Waals surface area contributed by atoms with Gasteiger partial charge < -0.3 is 24.5 Å². The number of ketones is 1. The highest BCUT2D eigenvalue weighted by Gasteiger charge is 2.47. The van der Waals surface area contributed by atoms with E-state index >= 15 is 0 Å². The monoisotopic (exact) mass is 496 g/mol. The van der Waals surface area contributed by atoms with Gasteiger partial charge in [-0.1, -0.05) is 48.0 Å². The largest absolute Gasteiger partial charge is 0.507 e. The van der Waals surface area contributed by atoms with Gasteiger partial charge in [-0.2, -0.15) is 0 Å². The third-order valence-corrected chi connectivity index (χ3v) is 6.89. The number of amides is 1. The molecule has 188 valence electrons. The molecule has 1 aromatic heterocycles. The van der Waals surface area contributed by atoms with Gasteiger partial charge in [0.05, 0.1) is 25.8 Å². The van der Waals surface area contributed by atoms with Crippen LogP contribution < -0.4 is 9.47 Å². The highest BCUT2D eigenvalue weighted by Crippen LogP contribution is 2.44. The van der Waals surface area contributed by atoms with Gasteiger partial charge in [-0.3, -0.25) is 9.59 Å². The van der Waals surface area contributed by atoms with Crippen LogP contribution in [0.25, 0.3) is 16.7 Å². The lowest BCUT2D eigenvalue weighted by Gasteiger charge is -2.27. The van der Waals surface area contributed by atoms with Crippen molar-refractivity contribution in [2.75, 3.05) is 20.8 Å². The molecule has 1 aliphatic heterocycles. The number of carbonyl (C=O) groups is 2. The first kappa shape index (κ1) is 24.2. The van der Waals surface area contributed by atoms with Crippen LogP contribution in [0.5, 0.6) is 11.5 Å². The molecule has 4 aromatic rings. The van der Waals surface area contributed by atoms with Crippen LogP contribution in [-0.4, -0.2) is 47.4 Å². The second-order valence-electron chi connectivity index (χ2n) is 9.08. The fraction of sp³-hybridized carbons (Fsp3) is 0.200. The summed E-state index contributed by atoms with van der Waals surface area (Å²) in [5, 5.41) is 12.4. The number of nitrogens with one attached hydrogen (secondary N) is 1. The Morgan fingerprint density at radius 1 is 1.00 bits per heavy atom. The average molecular weight is 497 g/mol. The Balaban J connectivity index is 1.63. The van der Waals surface area contributed by atoms with Crippen LogP contribution in [-0.2, 0) is 16.0 Å². The fourth-order valence-corrected chi connectivity index (χ4v) is 4.93. The van der Waals surface area contributed by atoms with Crippen molar-refractivity contribution < 1.29 is 24.2 Å². The standard InChI is InChI=1S/C30H28N2O5/c1-18-8-10-19(11-9-18)28(33)26-27(23-16-21(36-2)12-13-25(23)37-3)32(30(35)29(26)34)15-14-20-17-31-24-7-5-4-6-22(20)24/h4-13,16-17,27,31,33H,14-15H2,1-3H3/b28-26-. The van der Waals surface area contributed by atoms with Crippen molar-refractivity contribution in [3.05, 3.63) is 101 Å². The van der Waals surface area contributed by atoms with Gasteiger partial charge in [-0.05, 0) is 43.2 Å². The molecule has 7 nitrogen and oxygen atoms in total. The molecule has 5 rings (SSSR count). The van der Waals surface area contributed by atoms with E-state index in [2.05, 4.69) is 4.98 Å². The number of hydrogen-bond donors (Lipinski definition) is 2. The van der Waals surface area contributed by atoms with Crippen LogP contribution in [0.15, 0.2) is 78.5 Å². The molecule has 0 aliphatic carbocycles. The molecule has 3 aromatic carbocycles. The van der Waals surface area contributed by atoms with Crippen LogP contribution in [0.3, 0.4) is 0 Å². The molecule has 1 fully saturated rings. The summed E-state index contributed by atoms with van der Waals surface area (Å²) >= 11 is 0. The second kappa shape index (κ2) is 9.85. The number of H-pyrrole nitrogens is 1. The van der Waals surface area contributed by atoms with Gasteiger partial charge in [0.2, 0.25) is 0 Å². The van der Waals surface area contributed by atoms with E-state index in [1.807, 2.05) is 49.5 Å². The number of hydrogen-bond acceptors (Lipinski definition) is 5. The minimum atomic E-state index is -0.850. The molecule has 0 bridgehead atoms. The zero-order valence-electron chi connectivity index (χ0n) is 20.9. The fourth-order valence-electron chi connectivity index (χ4n) is 4.93. The minimum Gasteiger partial charge on any atom is -0.507 e. The van der Waals surface area contributed by atoms with Crippen molar-refractivity contribution >= 4 is 28.4 Å². The number of methoxy groups -OCH3 is 2. The number of aromatic nitrogens is 1. The van der Waals surface area contributed by atoms with E-state index < -0.39 is 17.7 Å². The molecule has 1 amide bonds. The number of carbonyl (C=O) groups excluding carboxylic acids is 2. The number of likely N-dealkylation sites (tertiary alicyclic amines) is 1. The summed E-state index contributed by atoms with van der Waals surface area (Å²) in [6.45, 7) is 2.21. The van der Waals surface area contributed by atoms with Crippen LogP contribution in [0, 0.1) is 6.92 Å². The van der Waals surface area contributed by atoms with Gasteiger partial charge in [0.25, 0.3) is 11.7 Å². The summed E-state index contributed by atoms with van der Waals surface area (Å²) in [5.41, 5.74) is 4.11. The van der Waals surface area contributed by atoms with Crippen LogP contribution in [0.4, 0.5) is 0 Å². The summed E-state index contributed by atoms with van der Waals surface area (Å²) in [4.78, 5) is 31.6. The van der Waals surface area contributed by atoms with E-state index in [9.17, 15) is 14.7 Å². The molecule has 0 radical (unpaired) electrons. The summed E-state index contributed by atoms with van der Waals surface area (Å²) in [7, 11) is 3.08. The van der Waals surface area contributed by atoms with Crippen LogP contribution in [0.2, 0.25) is 0 Å². The van der Waals surface area contributed by atoms with Crippen LogP contribution in [0.1, 0.15) is 28.3 Å². The van der Waals surface area contributed by atoms with Crippen LogP contribution >= 0.6 is 0 Å². The maximum Gasteiger partial charge on any atom is 0.295 e. The number of fused-ring (bicyclic) bond motifs is 1. The van der Waals surface area contributed by atoms with Gasteiger partial charge in [0.1, 0.15) is 17.3 Å². The summed E-state index contributed by atoms with van der Waals surface area (Å²) in [6, 6.07) is 19.5.